The molecule has 0 aromatic heterocycles. The van der Waals surface area contributed by atoms with Crippen LogP contribution in [-0.4, -0.2) is 28.2 Å². The fraction of sp³-hybridized carbons (Fsp3) is 0.333. The smallest absolute Gasteiger partial charge is 0.262 e. The minimum Gasteiger partial charge on any atom is -0.486 e. The van der Waals surface area contributed by atoms with Crippen molar-refractivity contribution in [3.63, 3.8) is 0 Å². The second kappa shape index (κ2) is 7.65. The number of nitrogens with one attached hydrogen (secondary N) is 2. The Morgan fingerprint density at radius 2 is 1.64 bits per heavy atom. The fourth-order valence-corrected chi connectivity index (χ4v) is 3.54. The summed E-state index contributed by atoms with van der Waals surface area (Å²) in [5.41, 5.74) is 1.48. The van der Waals surface area contributed by atoms with Crippen molar-refractivity contribution < 1.29 is 17.9 Å². The summed E-state index contributed by atoms with van der Waals surface area (Å²) >= 11 is 0. The number of fused-ring (bicyclic) bond motifs is 1. The molecule has 0 amide bonds. The molecule has 7 heteroatoms. The van der Waals surface area contributed by atoms with E-state index in [-0.39, 0.29) is 4.90 Å². The Hall–Kier alpha value is -2.41. The van der Waals surface area contributed by atoms with Gasteiger partial charge in [-0.2, -0.15) is 0 Å². The molecule has 2 aromatic rings. The summed E-state index contributed by atoms with van der Waals surface area (Å²) in [7, 11) is -3.69. The van der Waals surface area contributed by atoms with Gasteiger partial charge in [0.15, 0.2) is 11.5 Å². The third-order valence-corrected chi connectivity index (χ3v) is 5.20. The first-order chi connectivity index (χ1) is 12.1. The molecule has 1 heterocycles. The third kappa shape index (κ3) is 4.36. The standard InChI is InChI=1S/C18H22N2O4S/c1-2-3-10-19-14-4-6-15(7-5-14)20-25(21,22)16-8-9-17-18(13-16)24-12-11-23-17/h4-9,13,19-20H,2-3,10-12H2,1H3. The molecule has 2 N–H and O–H groups in total. The zero-order chi connectivity index (χ0) is 17.7. The molecular formula is C18H22N2O4S. The molecule has 0 bridgehead atoms. The van der Waals surface area contributed by atoms with Crippen molar-refractivity contribution in [2.75, 3.05) is 29.8 Å². The topological polar surface area (TPSA) is 76.7 Å². The Morgan fingerprint density at radius 3 is 2.36 bits per heavy atom. The number of rotatable bonds is 7. The molecule has 1 aliphatic rings. The lowest BCUT2D eigenvalue weighted by Crippen LogP contribution is -2.17. The Balaban J connectivity index is 1.71. The Bertz CT molecular complexity index is 819. The molecule has 3 rings (SSSR count). The molecule has 0 unspecified atom stereocenters. The third-order valence-electron chi connectivity index (χ3n) is 3.82. The van der Waals surface area contributed by atoms with Gasteiger partial charge in [0.05, 0.1) is 4.90 Å². The molecule has 0 spiro atoms. The Labute approximate surface area is 148 Å². The van der Waals surface area contributed by atoms with E-state index >= 15 is 0 Å². The van der Waals surface area contributed by atoms with Gasteiger partial charge in [-0.15, -0.1) is 0 Å². The maximum atomic E-state index is 12.6. The van der Waals surface area contributed by atoms with Crippen molar-refractivity contribution in [3.05, 3.63) is 42.5 Å². The highest BCUT2D eigenvalue weighted by Crippen LogP contribution is 2.32. The minimum absolute atomic E-state index is 0.141. The first kappa shape index (κ1) is 17.4. The number of ether oxygens (including phenoxy) is 2. The molecule has 0 radical (unpaired) electrons. The molecule has 1 aliphatic heterocycles. The summed E-state index contributed by atoms with van der Waals surface area (Å²) in [5, 5.41) is 3.29. The summed E-state index contributed by atoms with van der Waals surface area (Å²) in [4.78, 5) is 0.141. The van der Waals surface area contributed by atoms with Gasteiger partial charge in [-0.1, -0.05) is 13.3 Å². The number of hydrogen-bond acceptors (Lipinski definition) is 5. The zero-order valence-corrected chi connectivity index (χ0v) is 14.9. The van der Waals surface area contributed by atoms with E-state index in [1.165, 1.54) is 12.1 Å². The van der Waals surface area contributed by atoms with Gasteiger partial charge in [-0.3, -0.25) is 4.72 Å². The highest BCUT2D eigenvalue weighted by Gasteiger charge is 2.19. The van der Waals surface area contributed by atoms with Crippen LogP contribution in [-0.2, 0) is 10.0 Å². The average Bonchev–Trinajstić information content (AvgIpc) is 2.63. The second-order valence-corrected chi connectivity index (χ2v) is 7.45. The summed E-state index contributed by atoms with van der Waals surface area (Å²) in [6, 6.07) is 11.8. The van der Waals surface area contributed by atoms with Gasteiger partial charge in [0.1, 0.15) is 13.2 Å². The van der Waals surface area contributed by atoms with Gasteiger partial charge in [-0.25, -0.2) is 8.42 Å². The van der Waals surface area contributed by atoms with Gasteiger partial charge < -0.3 is 14.8 Å². The van der Waals surface area contributed by atoms with E-state index < -0.39 is 10.0 Å². The van der Waals surface area contributed by atoms with Crippen LogP contribution in [0, 0.1) is 0 Å². The predicted octanol–water partition coefficient (Wildman–Crippen LogP) is 3.47. The summed E-state index contributed by atoms with van der Waals surface area (Å²) in [6.07, 6.45) is 2.22. The van der Waals surface area contributed by atoms with Crippen LogP contribution in [0.4, 0.5) is 11.4 Å². The molecule has 0 aliphatic carbocycles. The molecule has 0 saturated carbocycles. The Kier molecular flexibility index (Phi) is 5.33. The zero-order valence-electron chi connectivity index (χ0n) is 14.1. The second-order valence-electron chi connectivity index (χ2n) is 5.77. The van der Waals surface area contributed by atoms with Crippen LogP contribution in [0.15, 0.2) is 47.4 Å². The monoisotopic (exact) mass is 362 g/mol. The van der Waals surface area contributed by atoms with Crippen molar-refractivity contribution >= 4 is 21.4 Å². The first-order valence-electron chi connectivity index (χ1n) is 8.35. The van der Waals surface area contributed by atoms with Gasteiger partial charge in [0.2, 0.25) is 0 Å². The highest BCUT2D eigenvalue weighted by atomic mass is 32.2. The number of sulfonamides is 1. The van der Waals surface area contributed by atoms with Crippen molar-refractivity contribution in [2.45, 2.75) is 24.7 Å². The van der Waals surface area contributed by atoms with Crippen LogP contribution >= 0.6 is 0 Å². The van der Waals surface area contributed by atoms with Crippen molar-refractivity contribution in [1.29, 1.82) is 0 Å². The summed E-state index contributed by atoms with van der Waals surface area (Å²) < 4.78 is 38.6. The van der Waals surface area contributed by atoms with E-state index in [2.05, 4.69) is 17.0 Å². The predicted molar refractivity (Wildman–Crippen MR) is 98.1 cm³/mol. The lowest BCUT2D eigenvalue weighted by Gasteiger charge is -2.19. The largest absolute Gasteiger partial charge is 0.486 e. The maximum absolute atomic E-state index is 12.6. The quantitative estimate of drug-likeness (QED) is 0.738. The molecular weight excluding hydrogens is 340 g/mol. The van der Waals surface area contributed by atoms with Crippen molar-refractivity contribution in [2.24, 2.45) is 0 Å². The van der Waals surface area contributed by atoms with Crippen molar-refractivity contribution in [3.8, 4) is 11.5 Å². The lowest BCUT2D eigenvalue weighted by atomic mass is 10.2. The normalized spacial score (nSPS) is 13.3. The Morgan fingerprint density at radius 1 is 0.960 bits per heavy atom. The van der Waals surface area contributed by atoms with Gasteiger partial charge in [-0.05, 0) is 42.8 Å². The highest BCUT2D eigenvalue weighted by molar-refractivity contribution is 7.92. The number of anilines is 2. The molecule has 6 nitrogen and oxygen atoms in total. The van der Waals surface area contributed by atoms with Crippen molar-refractivity contribution in [1.82, 2.24) is 0 Å². The molecule has 0 saturated heterocycles. The van der Waals surface area contributed by atoms with Crippen LogP contribution in [0.3, 0.4) is 0 Å². The SMILES string of the molecule is CCCCNc1ccc(NS(=O)(=O)c2ccc3c(c2)OCCO3)cc1. The molecule has 0 fully saturated rings. The average molecular weight is 362 g/mol. The number of benzene rings is 2. The van der Waals surface area contributed by atoms with Crippen LogP contribution in [0.1, 0.15) is 19.8 Å². The lowest BCUT2D eigenvalue weighted by molar-refractivity contribution is 0.171. The van der Waals surface area contributed by atoms with E-state index in [9.17, 15) is 8.42 Å². The van der Waals surface area contributed by atoms with E-state index in [0.717, 1.165) is 25.1 Å². The number of hydrogen-bond donors (Lipinski definition) is 2. The van der Waals surface area contributed by atoms with Gasteiger partial charge >= 0.3 is 0 Å². The van der Waals surface area contributed by atoms with Crippen LogP contribution in [0.2, 0.25) is 0 Å². The van der Waals surface area contributed by atoms with Crippen LogP contribution in [0.5, 0.6) is 11.5 Å². The van der Waals surface area contributed by atoms with Gasteiger partial charge in [0.25, 0.3) is 10.0 Å². The van der Waals surface area contributed by atoms with Crippen LogP contribution < -0.4 is 19.5 Å². The first-order valence-corrected chi connectivity index (χ1v) is 9.83. The molecule has 25 heavy (non-hydrogen) atoms. The summed E-state index contributed by atoms with van der Waals surface area (Å²) in [5.74, 6) is 1.01. The summed E-state index contributed by atoms with van der Waals surface area (Å²) in [6.45, 7) is 3.92. The molecule has 134 valence electrons. The van der Waals surface area contributed by atoms with Crippen LogP contribution in [0.25, 0.3) is 0 Å². The molecule has 2 aromatic carbocycles. The van der Waals surface area contributed by atoms with E-state index in [1.54, 1.807) is 18.2 Å². The van der Waals surface area contributed by atoms with E-state index in [1.807, 2.05) is 12.1 Å². The molecule has 0 atom stereocenters. The van der Waals surface area contributed by atoms with Gasteiger partial charge in [0, 0.05) is 24.0 Å². The minimum atomic E-state index is -3.69. The maximum Gasteiger partial charge on any atom is 0.262 e. The van der Waals surface area contributed by atoms with E-state index in [0.29, 0.717) is 30.4 Å². The van der Waals surface area contributed by atoms with E-state index in [4.69, 9.17) is 9.47 Å². The number of unbranched alkanes of at least 4 members (excludes halogenated alkanes) is 1. The fourth-order valence-electron chi connectivity index (χ4n) is 2.47.